The van der Waals surface area contributed by atoms with Gasteiger partial charge >= 0.3 is 0 Å². The Hall–Kier alpha value is -0.490. The number of hydrogen-bond donors (Lipinski definition) is 3. The van der Waals surface area contributed by atoms with E-state index in [9.17, 15) is 5.11 Å². The van der Waals surface area contributed by atoms with E-state index in [1.165, 1.54) is 0 Å². The Bertz CT molecular complexity index is 342. The monoisotopic (exact) mass is 334 g/mol. The van der Waals surface area contributed by atoms with Crippen LogP contribution in [0.3, 0.4) is 0 Å². The summed E-state index contributed by atoms with van der Waals surface area (Å²) in [6, 6.07) is 5.96. The second-order valence-corrected chi connectivity index (χ2v) is 5.63. The molecule has 1 atom stereocenters. The lowest BCUT2D eigenvalue weighted by Gasteiger charge is -2.20. The first-order valence-corrected chi connectivity index (χ1v) is 6.53. The minimum atomic E-state index is 0.0716. The molecule has 4 heteroatoms. The van der Waals surface area contributed by atoms with Crippen molar-refractivity contribution in [2.75, 3.05) is 17.7 Å². The first-order valence-electron chi connectivity index (χ1n) is 5.45. The highest BCUT2D eigenvalue weighted by Crippen LogP contribution is 2.22. The summed E-state index contributed by atoms with van der Waals surface area (Å²) in [5.74, 6) is 0.551. The van der Waals surface area contributed by atoms with Crippen LogP contribution in [0.25, 0.3) is 0 Å². The number of halogens is 1. The molecule has 1 aromatic carbocycles. The Morgan fingerprint density at radius 3 is 2.62 bits per heavy atom. The molecule has 90 valence electrons. The highest BCUT2D eigenvalue weighted by Gasteiger charge is 2.10. The fourth-order valence-corrected chi connectivity index (χ4v) is 2.15. The maximum Gasteiger partial charge on any atom is 0.0632 e. The lowest BCUT2D eigenvalue weighted by Crippen LogP contribution is -2.26. The van der Waals surface area contributed by atoms with Crippen molar-refractivity contribution in [2.45, 2.75) is 26.3 Å². The normalized spacial score (nSPS) is 12.8. The maximum absolute atomic E-state index is 9.28. The second kappa shape index (κ2) is 6.30. The summed E-state index contributed by atoms with van der Waals surface area (Å²) in [6.45, 7) is 4.41. The van der Waals surface area contributed by atoms with Crippen molar-refractivity contribution < 1.29 is 5.11 Å². The molecule has 1 unspecified atom stereocenters. The molecule has 1 aromatic rings. The third kappa shape index (κ3) is 4.17. The van der Waals surface area contributed by atoms with Gasteiger partial charge in [-0.05, 0) is 53.1 Å². The highest BCUT2D eigenvalue weighted by molar-refractivity contribution is 14.1. The number of rotatable bonds is 5. The standard InChI is InChI=1S/C12H19IN2O/c1-8(2)5-10(7-16)15-12-4-3-9(13)6-11(12)14/h3-4,6,8,10,15-16H,5,7,14H2,1-2H3. The van der Waals surface area contributed by atoms with E-state index in [1.807, 2.05) is 18.2 Å². The van der Waals surface area contributed by atoms with Crippen molar-refractivity contribution in [1.29, 1.82) is 0 Å². The highest BCUT2D eigenvalue weighted by atomic mass is 127. The number of aliphatic hydroxyl groups is 1. The van der Waals surface area contributed by atoms with Crippen LogP contribution in [0, 0.1) is 9.49 Å². The summed E-state index contributed by atoms with van der Waals surface area (Å²) in [4.78, 5) is 0. The van der Waals surface area contributed by atoms with Crippen molar-refractivity contribution in [3.63, 3.8) is 0 Å². The summed E-state index contributed by atoms with van der Waals surface area (Å²) < 4.78 is 1.12. The fourth-order valence-electron chi connectivity index (χ4n) is 1.63. The number of aliphatic hydroxyl groups excluding tert-OH is 1. The molecule has 4 N–H and O–H groups in total. The van der Waals surface area contributed by atoms with Crippen molar-refractivity contribution in [2.24, 2.45) is 5.92 Å². The van der Waals surface area contributed by atoms with Crippen LogP contribution in [0.4, 0.5) is 11.4 Å². The number of hydrogen-bond acceptors (Lipinski definition) is 3. The molecule has 0 saturated carbocycles. The van der Waals surface area contributed by atoms with Gasteiger partial charge in [-0.1, -0.05) is 13.8 Å². The molecule has 16 heavy (non-hydrogen) atoms. The van der Waals surface area contributed by atoms with E-state index in [2.05, 4.69) is 41.8 Å². The van der Waals surface area contributed by atoms with Crippen molar-refractivity contribution in [3.05, 3.63) is 21.8 Å². The van der Waals surface area contributed by atoms with Gasteiger partial charge in [0.1, 0.15) is 0 Å². The molecular formula is C12H19IN2O. The minimum absolute atomic E-state index is 0.0716. The average molecular weight is 334 g/mol. The van der Waals surface area contributed by atoms with Crippen LogP contribution in [-0.4, -0.2) is 17.8 Å². The van der Waals surface area contributed by atoms with Gasteiger partial charge in [-0.3, -0.25) is 0 Å². The molecule has 0 aliphatic carbocycles. The number of nitrogens with one attached hydrogen (secondary N) is 1. The van der Waals surface area contributed by atoms with Crippen LogP contribution in [0.15, 0.2) is 18.2 Å². The number of anilines is 2. The quantitative estimate of drug-likeness (QED) is 0.573. The summed E-state index contributed by atoms with van der Waals surface area (Å²) >= 11 is 2.23. The Morgan fingerprint density at radius 1 is 1.44 bits per heavy atom. The van der Waals surface area contributed by atoms with Gasteiger partial charge in [0.15, 0.2) is 0 Å². The summed E-state index contributed by atoms with van der Waals surface area (Å²) in [5, 5.41) is 12.6. The third-order valence-electron chi connectivity index (χ3n) is 2.35. The summed E-state index contributed by atoms with van der Waals surface area (Å²) in [5.41, 5.74) is 7.54. The molecular weight excluding hydrogens is 315 g/mol. The lowest BCUT2D eigenvalue weighted by molar-refractivity contribution is 0.259. The minimum Gasteiger partial charge on any atom is -0.397 e. The smallest absolute Gasteiger partial charge is 0.0632 e. The van der Waals surface area contributed by atoms with E-state index < -0.39 is 0 Å². The van der Waals surface area contributed by atoms with Crippen LogP contribution in [-0.2, 0) is 0 Å². The molecule has 0 radical (unpaired) electrons. The molecule has 0 amide bonds. The Morgan fingerprint density at radius 2 is 2.12 bits per heavy atom. The van der Waals surface area contributed by atoms with Gasteiger partial charge in [-0.15, -0.1) is 0 Å². The van der Waals surface area contributed by atoms with Crippen LogP contribution >= 0.6 is 22.6 Å². The van der Waals surface area contributed by atoms with Gasteiger partial charge in [-0.2, -0.15) is 0 Å². The van der Waals surface area contributed by atoms with E-state index in [0.29, 0.717) is 5.92 Å². The molecule has 0 heterocycles. The lowest BCUT2D eigenvalue weighted by atomic mass is 10.0. The van der Waals surface area contributed by atoms with E-state index in [1.54, 1.807) is 0 Å². The van der Waals surface area contributed by atoms with Crippen LogP contribution in [0.2, 0.25) is 0 Å². The first kappa shape index (κ1) is 13.6. The zero-order chi connectivity index (χ0) is 12.1. The maximum atomic E-state index is 9.28. The fraction of sp³-hybridized carbons (Fsp3) is 0.500. The molecule has 0 aromatic heterocycles. The van der Waals surface area contributed by atoms with Gasteiger partial charge < -0.3 is 16.2 Å². The molecule has 3 nitrogen and oxygen atoms in total. The van der Waals surface area contributed by atoms with Crippen molar-refractivity contribution in [1.82, 2.24) is 0 Å². The van der Waals surface area contributed by atoms with Crippen LogP contribution < -0.4 is 11.1 Å². The van der Waals surface area contributed by atoms with Crippen LogP contribution in [0.5, 0.6) is 0 Å². The van der Waals surface area contributed by atoms with Gasteiger partial charge in [0.2, 0.25) is 0 Å². The Balaban J connectivity index is 2.70. The third-order valence-corrected chi connectivity index (χ3v) is 3.02. The molecule has 0 aliphatic rings. The van der Waals surface area contributed by atoms with E-state index in [4.69, 9.17) is 5.73 Å². The van der Waals surface area contributed by atoms with Crippen LogP contribution in [0.1, 0.15) is 20.3 Å². The van der Waals surface area contributed by atoms with E-state index in [0.717, 1.165) is 21.4 Å². The Labute approximate surface area is 111 Å². The largest absolute Gasteiger partial charge is 0.397 e. The van der Waals surface area contributed by atoms with Crippen molar-refractivity contribution in [3.8, 4) is 0 Å². The van der Waals surface area contributed by atoms with E-state index >= 15 is 0 Å². The zero-order valence-corrected chi connectivity index (χ0v) is 11.9. The molecule has 0 fully saturated rings. The molecule has 0 bridgehead atoms. The molecule has 1 rings (SSSR count). The summed E-state index contributed by atoms with van der Waals surface area (Å²) in [7, 11) is 0. The van der Waals surface area contributed by atoms with Gasteiger partial charge in [0.25, 0.3) is 0 Å². The van der Waals surface area contributed by atoms with Gasteiger partial charge in [-0.25, -0.2) is 0 Å². The SMILES string of the molecule is CC(C)CC(CO)Nc1ccc(I)cc1N. The zero-order valence-electron chi connectivity index (χ0n) is 9.70. The van der Waals surface area contributed by atoms with E-state index in [-0.39, 0.29) is 12.6 Å². The molecule has 0 aliphatic heterocycles. The Kier molecular flexibility index (Phi) is 5.34. The number of benzene rings is 1. The van der Waals surface area contributed by atoms with Gasteiger partial charge in [0.05, 0.1) is 18.0 Å². The topological polar surface area (TPSA) is 58.3 Å². The first-order chi connectivity index (χ1) is 7.52. The summed E-state index contributed by atoms with van der Waals surface area (Å²) in [6.07, 6.45) is 0.932. The predicted molar refractivity (Wildman–Crippen MR) is 77.5 cm³/mol. The average Bonchev–Trinajstić information content (AvgIpc) is 2.20. The predicted octanol–water partition coefficient (Wildman–Crippen LogP) is 2.69. The molecule has 0 spiro atoms. The number of nitrogen functional groups attached to an aromatic ring is 1. The van der Waals surface area contributed by atoms with Gasteiger partial charge in [0, 0.05) is 9.61 Å². The number of nitrogens with two attached hydrogens (primary N) is 1. The van der Waals surface area contributed by atoms with Crippen molar-refractivity contribution >= 4 is 34.0 Å². The molecule has 0 saturated heterocycles. The second-order valence-electron chi connectivity index (χ2n) is 4.38.